The Labute approximate surface area is 112 Å². The maximum atomic E-state index is 12.1. The van der Waals surface area contributed by atoms with Crippen LogP contribution in [-0.2, 0) is 4.79 Å². The summed E-state index contributed by atoms with van der Waals surface area (Å²) < 4.78 is 0. The molecule has 0 radical (unpaired) electrons. The molecule has 1 heterocycles. The van der Waals surface area contributed by atoms with Crippen LogP contribution in [0.2, 0.25) is 0 Å². The lowest BCUT2D eigenvalue weighted by Crippen LogP contribution is -2.40. The van der Waals surface area contributed by atoms with Gasteiger partial charge in [0.25, 0.3) is 5.91 Å². The molecule has 1 N–H and O–H groups in total. The number of thiol groups is 1. The molecular formula is C13H16N2O2S. The van der Waals surface area contributed by atoms with Crippen LogP contribution in [0, 0.1) is 6.92 Å². The average molecular weight is 264 g/mol. The number of rotatable bonds is 2. The van der Waals surface area contributed by atoms with E-state index in [9.17, 15) is 9.59 Å². The van der Waals surface area contributed by atoms with Gasteiger partial charge in [0.1, 0.15) is 6.04 Å². The second kappa shape index (κ2) is 5.02. The Morgan fingerprint density at radius 3 is 2.83 bits per heavy atom. The molecule has 0 bridgehead atoms. The average Bonchev–Trinajstić information content (AvgIpc) is 2.64. The monoisotopic (exact) mass is 264 g/mol. The molecule has 0 aromatic heterocycles. The van der Waals surface area contributed by atoms with E-state index in [0.717, 1.165) is 10.5 Å². The zero-order valence-corrected chi connectivity index (χ0v) is 11.3. The van der Waals surface area contributed by atoms with Gasteiger partial charge in [-0.05, 0) is 31.0 Å². The van der Waals surface area contributed by atoms with Gasteiger partial charge < -0.3 is 10.2 Å². The van der Waals surface area contributed by atoms with E-state index in [4.69, 9.17) is 0 Å². The minimum Gasteiger partial charge on any atom is -0.344 e. The molecule has 2 amide bonds. The van der Waals surface area contributed by atoms with Crippen LogP contribution in [0.3, 0.4) is 0 Å². The number of hydrogen-bond donors (Lipinski definition) is 2. The van der Waals surface area contributed by atoms with Crippen molar-refractivity contribution in [3.05, 3.63) is 29.3 Å². The molecule has 5 heteroatoms. The lowest BCUT2D eigenvalue weighted by Gasteiger charge is -2.13. The largest absolute Gasteiger partial charge is 0.344 e. The van der Waals surface area contributed by atoms with Gasteiger partial charge in [0.15, 0.2) is 0 Å². The van der Waals surface area contributed by atoms with Crippen LogP contribution in [0.1, 0.15) is 22.3 Å². The smallest absolute Gasteiger partial charge is 0.252 e. The van der Waals surface area contributed by atoms with Crippen LogP contribution in [0.4, 0.5) is 0 Å². The molecular weight excluding hydrogens is 248 g/mol. The van der Waals surface area contributed by atoms with Gasteiger partial charge in [0.05, 0.1) is 0 Å². The number of likely N-dealkylation sites (tertiary alicyclic amines) is 1. The summed E-state index contributed by atoms with van der Waals surface area (Å²) in [5.41, 5.74) is 1.45. The van der Waals surface area contributed by atoms with Gasteiger partial charge in [-0.1, -0.05) is 6.07 Å². The van der Waals surface area contributed by atoms with Gasteiger partial charge in [0.2, 0.25) is 5.91 Å². The van der Waals surface area contributed by atoms with Gasteiger partial charge in [0, 0.05) is 24.1 Å². The topological polar surface area (TPSA) is 49.4 Å². The van der Waals surface area contributed by atoms with Crippen molar-refractivity contribution in [2.45, 2.75) is 24.3 Å². The number of likely N-dealkylation sites (N-methyl/N-ethyl adjacent to an activating group) is 1. The lowest BCUT2D eigenvalue weighted by molar-refractivity contribution is -0.128. The number of hydrogen-bond acceptors (Lipinski definition) is 3. The molecule has 4 nitrogen and oxygen atoms in total. The zero-order chi connectivity index (χ0) is 13.3. The number of aryl methyl sites for hydroxylation is 1. The number of nitrogens with zero attached hydrogens (tertiary/aromatic N) is 1. The van der Waals surface area contributed by atoms with Crippen molar-refractivity contribution in [3.63, 3.8) is 0 Å². The summed E-state index contributed by atoms with van der Waals surface area (Å²) >= 11 is 4.22. The fraction of sp³-hybridized carbons (Fsp3) is 0.385. The van der Waals surface area contributed by atoms with Gasteiger partial charge in [-0.2, -0.15) is 0 Å². The third-order valence-electron chi connectivity index (χ3n) is 3.20. The van der Waals surface area contributed by atoms with E-state index < -0.39 is 6.04 Å². The highest BCUT2D eigenvalue weighted by molar-refractivity contribution is 7.80. The van der Waals surface area contributed by atoms with Crippen LogP contribution in [-0.4, -0.2) is 36.3 Å². The second-order valence-corrected chi connectivity index (χ2v) is 5.09. The molecule has 1 fully saturated rings. The molecule has 18 heavy (non-hydrogen) atoms. The molecule has 0 aliphatic carbocycles. The van der Waals surface area contributed by atoms with Gasteiger partial charge in [-0.3, -0.25) is 9.59 Å². The fourth-order valence-corrected chi connectivity index (χ4v) is 2.25. The summed E-state index contributed by atoms with van der Waals surface area (Å²) in [6.07, 6.45) is 0.667. The van der Waals surface area contributed by atoms with E-state index in [1.54, 1.807) is 18.0 Å². The zero-order valence-electron chi connectivity index (χ0n) is 10.4. The second-order valence-electron chi connectivity index (χ2n) is 4.57. The third-order valence-corrected chi connectivity index (χ3v) is 3.48. The van der Waals surface area contributed by atoms with Crippen molar-refractivity contribution < 1.29 is 9.59 Å². The highest BCUT2D eigenvalue weighted by atomic mass is 32.1. The van der Waals surface area contributed by atoms with Crippen LogP contribution >= 0.6 is 12.6 Å². The summed E-state index contributed by atoms with van der Waals surface area (Å²) in [5.74, 6) is -0.236. The first-order valence-corrected chi connectivity index (χ1v) is 6.29. The van der Waals surface area contributed by atoms with E-state index >= 15 is 0 Å². The summed E-state index contributed by atoms with van der Waals surface area (Å²) in [4.78, 5) is 26.2. The summed E-state index contributed by atoms with van der Waals surface area (Å²) in [6.45, 7) is 2.56. The molecule has 1 aliphatic heterocycles. The first kappa shape index (κ1) is 13.0. The van der Waals surface area contributed by atoms with Crippen molar-refractivity contribution in [2.24, 2.45) is 0 Å². The minimum atomic E-state index is -0.398. The molecule has 1 saturated heterocycles. The molecule has 1 atom stereocenters. The standard InChI is InChI=1S/C13H16N2O2S/c1-8-3-4-9(18)7-10(8)12(16)14-11-5-6-15(2)13(11)17/h3-4,7,11,18H,5-6H2,1-2H3,(H,14,16). The SMILES string of the molecule is Cc1ccc(S)cc1C(=O)NC1CCN(C)C1=O. The van der Waals surface area contributed by atoms with Crippen molar-refractivity contribution in [2.75, 3.05) is 13.6 Å². The molecule has 0 spiro atoms. The molecule has 0 saturated carbocycles. The Balaban J connectivity index is 2.13. The summed E-state index contributed by atoms with van der Waals surface area (Å²) in [6, 6.07) is 5.01. The highest BCUT2D eigenvalue weighted by Crippen LogP contribution is 2.15. The summed E-state index contributed by atoms with van der Waals surface area (Å²) in [5, 5.41) is 2.78. The summed E-state index contributed by atoms with van der Waals surface area (Å²) in [7, 11) is 1.74. The Hall–Kier alpha value is -1.49. The predicted octanol–water partition coefficient (Wildman–Crippen LogP) is 1.24. The van der Waals surface area contributed by atoms with Crippen molar-refractivity contribution in [3.8, 4) is 0 Å². The molecule has 1 aromatic carbocycles. The number of nitrogens with one attached hydrogen (secondary N) is 1. The maximum Gasteiger partial charge on any atom is 0.252 e. The van der Waals surface area contributed by atoms with E-state index in [1.807, 2.05) is 19.1 Å². The maximum absolute atomic E-state index is 12.1. The Kier molecular flexibility index (Phi) is 3.61. The molecule has 96 valence electrons. The van der Waals surface area contributed by atoms with Gasteiger partial charge in [-0.25, -0.2) is 0 Å². The third kappa shape index (κ3) is 2.51. The predicted molar refractivity (Wildman–Crippen MR) is 71.9 cm³/mol. The van der Waals surface area contributed by atoms with Crippen LogP contribution < -0.4 is 5.32 Å². The van der Waals surface area contributed by atoms with Gasteiger partial charge in [-0.15, -0.1) is 12.6 Å². The molecule has 1 unspecified atom stereocenters. The van der Waals surface area contributed by atoms with Crippen molar-refractivity contribution in [1.29, 1.82) is 0 Å². The van der Waals surface area contributed by atoms with Crippen LogP contribution in [0.5, 0.6) is 0 Å². The fourth-order valence-electron chi connectivity index (χ4n) is 2.05. The highest BCUT2D eigenvalue weighted by Gasteiger charge is 2.30. The van der Waals surface area contributed by atoms with E-state index in [1.165, 1.54) is 0 Å². The van der Waals surface area contributed by atoms with Crippen LogP contribution in [0.25, 0.3) is 0 Å². The van der Waals surface area contributed by atoms with Gasteiger partial charge >= 0.3 is 0 Å². The lowest BCUT2D eigenvalue weighted by atomic mass is 10.1. The molecule has 1 aliphatic rings. The molecule has 1 aromatic rings. The van der Waals surface area contributed by atoms with E-state index in [-0.39, 0.29) is 11.8 Å². The first-order valence-electron chi connectivity index (χ1n) is 5.84. The number of carbonyl (C=O) groups is 2. The van der Waals surface area contributed by atoms with Crippen molar-refractivity contribution >= 4 is 24.4 Å². The van der Waals surface area contributed by atoms with E-state index in [0.29, 0.717) is 18.5 Å². The number of amides is 2. The normalized spacial score (nSPS) is 19.2. The number of benzene rings is 1. The Morgan fingerprint density at radius 2 is 2.22 bits per heavy atom. The number of carbonyl (C=O) groups excluding carboxylic acids is 2. The van der Waals surface area contributed by atoms with Crippen LogP contribution in [0.15, 0.2) is 23.1 Å². The van der Waals surface area contributed by atoms with Crippen molar-refractivity contribution in [1.82, 2.24) is 10.2 Å². The molecule has 2 rings (SSSR count). The first-order chi connectivity index (χ1) is 8.49. The Bertz CT molecular complexity index is 502. The minimum absolute atomic E-state index is 0.0250. The quantitative estimate of drug-likeness (QED) is 0.790. The van der Waals surface area contributed by atoms with E-state index in [2.05, 4.69) is 17.9 Å². The Morgan fingerprint density at radius 1 is 1.50 bits per heavy atom.